The topological polar surface area (TPSA) is 75.7 Å². The van der Waals surface area contributed by atoms with Crippen molar-refractivity contribution >= 4 is 23.9 Å². The van der Waals surface area contributed by atoms with Crippen molar-refractivity contribution in [1.29, 1.82) is 0 Å². The normalized spacial score (nSPS) is 13.6. The average molecular weight is 330 g/mol. The largest absolute Gasteiger partial charge is 0.452 e. The number of nitrogens with zero attached hydrogens (tertiary/aromatic N) is 1. The summed E-state index contributed by atoms with van der Waals surface area (Å²) in [6.45, 7) is 1.54. The fourth-order valence-corrected chi connectivity index (χ4v) is 2.03. The van der Waals surface area contributed by atoms with E-state index in [4.69, 9.17) is 4.74 Å². The van der Waals surface area contributed by atoms with Gasteiger partial charge in [-0.1, -0.05) is 29.8 Å². The van der Waals surface area contributed by atoms with Crippen LogP contribution in [0, 0.1) is 6.92 Å². The highest BCUT2D eigenvalue weighted by molar-refractivity contribution is 5.90. The quantitative estimate of drug-likeness (QED) is 0.604. The third-order valence-electron chi connectivity index (χ3n) is 3.54. The average Bonchev–Trinajstić information content (AvgIpc) is 3.34. The molecule has 0 atom stereocenters. The molecule has 1 aromatic carbocycles. The van der Waals surface area contributed by atoms with Gasteiger partial charge in [0.2, 0.25) is 5.91 Å². The Hall–Kier alpha value is -2.63. The Morgan fingerprint density at radius 3 is 2.75 bits per heavy atom. The van der Waals surface area contributed by atoms with Crippen LogP contribution in [0.15, 0.2) is 30.3 Å². The summed E-state index contributed by atoms with van der Waals surface area (Å²) >= 11 is 0. The Balaban J connectivity index is 1.71. The number of amides is 2. The van der Waals surface area contributed by atoms with Crippen molar-refractivity contribution in [3.63, 3.8) is 0 Å². The molecule has 0 radical (unpaired) electrons. The van der Waals surface area contributed by atoms with E-state index in [2.05, 4.69) is 5.32 Å². The Bertz CT molecular complexity index is 650. The first-order chi connectivity index (χ1) is 11.4. The molecule has 0 spiro atoms. The maximum absolute atomic E-state index is 11.8. The third-order valence-corrected chi connectivity index (χ3v) is 3.54. The lowest BCUT2D eigenvalue weighted by Gasteiger charge is -2.16. The summed E-state index contributed by atoms with van der Waals surface area (Å²) < 4.78 is 4.90. The number of carbonyl (C=O) groups is 3. The van der Waals surface area contributed by atoms with Crippen molar-refractivity contribution in [3.8, 4) is 0 Å². The second kappa shape index (κ2) is 8.29. The molecule has 1 aromatic rings. The molecular formula is C18H22N2O4. The van der Waals surface area contributed by atoms with Crippen LogP contribution in [0.1, 0.15) is 24.0 Å². The van der Waals surface area contributed by atoms with E-state index < -0.39 is 11.9 Å². The van der Waals surface area contributed by atoms with Crippen molar-refractivity contribution in [2.24, 2.45) is 0 Å². The van der Waals surface area contributed by atoms with Gasteiger partial charge in [0.05, 0.1) is 6.54 Å². The molecule has 0 bridgehead atoms. The zero-order chi connectivity index (χ0) is 17.5. The number of carbonyl (C=O) groups excluding carboxylic acids is 3. The van der Waals surface area contributed by atoms with Crippen LogP contribution >= 0.6 is 0 Å². The number of hydrogen-bond acceptors (Lipinski definition) is 4. The second-order valence-electron chi connectivity index (χ2n) is 5.95. The lowest BCUT2D eigenvalue weighted by molar-refractivity contribution is -0.148. The number of rotatable bonds is 7. The molecule has 0 saturated heterocycles. The maximum atomic E-state index is 11.8. The van der Waals surface area contributed by atoms with E-state index in [0.717, 1.165) is 24.0 Å². The van der Waals surface area contributed by atoms with Gasteiger partial charge < -0.3 is 15.0 Å². The molecule has 0 unspecified atom stereocenters. The maximum Gasteiger partial charge on any atom is 0.331 e. The van der Waals surface area contributed by atoms with Gasteiger partial charge in [0.15, 0.2) is 6.61 Å². The van der Waals surface area contributed by atoms with Crippen LogP contribution in [-0.4, -0.2) is 48.9 Å². The van der Waals surface area contributed by atoms with E-state index >= 15 is 0 Å². The molecule has 24 heavy (non-hydrogen) atoms. The minimum Gasteiger partial charge on any atom is -0.452 e. The van der Waals surface area contributed by atoms with E-state index in [1.54, 1.807) is 6.08 Å². The standard InChI is InChI=1S/C18H22N2O4/c1-13-4-3-5-14(10-13)6-9-18(23)24-12-17(22)20(2)11-16(21)19-15-7-8-15/h3-6,9-10,15H,7-8,11-12H2,1-2H3,(H,19,21)/b9-6+. The van der Waals surface area contributed by atoms with Crippen molar-refractivity contribution < 1.29 is 19.1 Å². The van der Waals surface area contributed by atoms with Gasteiger partial charge in [-0.15, -0.1) is 0 Å². The molecule has 0 heterocycles. The smallest absolute Gasteiger partial charge is 0.331 e. The molecule has 6 heteroatoms. The number of esters is 1. The predicted octanol–water partition coefficient (Wildman–Crippen LogP) is 1.29. The van der Waals surface area contributed by atoms with E-state index in [0.29, 0.717) is 0 Å². The first-order valence-electron chi connectivity index (χ1n) is 7.89. The number of likely N-dealkylation sites (N-methyl/N-ethyl adjacent to an activating group) is 1. The van der Waals surface area contributed by atoms with Gasteiger partial charge in [0.1, 0.15) is 0 Å². The second-order valence-corrected chi connectivity index (χ2v) is 5.95. The minimum atomic E-state index is -0.597. The van der Waals surface area contributed by atoms with Crippen molar-refractivity contribution in [1.82, 2.24) is 10.2 Å². The predicted molar refractivity (Wildman–Crippen MR) is 90.0 cm³/mol. The lowest BCUT2D eigenvalue weighted by Crippen LogP contribution is -2.40. The number of benzene rings is 1. The first-order valence-corrected chi connectivity index (χ1v) is 7.89. The monoisotopic (exact) mass is 330 g/mol. The molecule has 0 aromatic heterocycles. The molecule has 6 nitrogen and oxygen atoms in total. The van der Waals surface area contributed by atoms with Gasteiger partial charge in [-0.25, -0.2) is 4.79 Å². The fourth-order valence-electron chi connectivity index (χ4n) is 2.03. The Morgan fingerprint density at radius 1 is 1.33 bits per heavy atom. The lowest BCUT2D eigenvalue weighted by atomic mass is 10.1. The van der Waals surface area contributed by atoms with E-state index in [1.165, 1.54) is 18.0 Å². The van der Waals surface area contributed by atoms with Crippen LogP contribution in [0.4, 0.5) is 0 Å². The van der Waals surface area contributed by atoms with Crippen LogP contribution in [-0.2, 0) is 19.1 Å². The molecule has 1 saturated carbocycles. The van der Waals surface area contributed by atoms with Gasteiger partial charge in [-0.05, 0) is 31.4 Å². The highest BCUT2D eigenvalue weighted by Gasteiger charge is 2.24. The summed E-state index contributed by atoms with van der Waals surface area (Å²) in [6.07, 6.45) is 4.90. The molecule has 1 fully saturated rings. The SMILES string of the molecule is Cc1cccc(/C=C/C(=O)OCC(=O)N(C)CC(=O)NC2CC2)c1. The Labute approximate surface area is 141 Å². The summed E-state index contributed by atoms with van der Waals surface area (Å²) in [5, 5.41) is 2.80. The summed E-state index contributed by atoms with van der Waals surface area (Å²) in [4.78, 5) is 36.3. The zero-order valence-electron chi connectivity index (χ0n) is 14.0. The molecule has 1 aliphatic rings. The molecular weight excluding hydrogens is 308 g/mol. The van der Waals surface area contributed by atoms with E-state index in [1.807, 2.05) is 31.2 Å². The summed E-state index contributed by atoms with van der Waals surface area (Å²) in [5.41, 5.74) is 1.97. The Kier molecular flexibility index (Phi) is 6.12. The van der Waals surface area contributed by atoms with Crippen molar-refractivity contribution in [2.75, 3.05) is 20.2 Å². The molecule has 2 amide bonds. The third kappa shape index (κ3) is 6.24. The molecule has 1 aliphatic carbocycles. The van der Waals surface area contributed by atoms with Crippen molar-refractivity contribution in [3.05, 3.63) is 41.5 Å². The van der Waals surface area contributed by atoms with Crippen LogP contribution in [0.5, 0.6) is 0 Å². The van der Waals surface area contributed by atoms with Gasteiger partial charge in [-0.3, -0.25) is 9.59 Å². The van der Waals surface area contributed by atoms with Gasteiger partial charge in [0.25, 0.3) is 5.91 Å². The molecule has 128 valence electrons. The van der Waals surface area contributed by atoms with E-state index in [-0.39, 0.29) is 25.1 Å². The van der Waals surface area contributed by atoms with Gasteiger partial charge in [-0.2, -0.15) is 0 Å². The Morgan fingerprint density at radius 2 is 2.08 bits per heavy atom. The van der Waals surface area contributed by atoms with Gasteiger partial charge >= 0.3 is 5.97 Å². The molecule has 1 N–H and O–H groups in total. The molecule has 0 aliphatic heterocycles. The number of nitrogens with one attached hydrogen (secondary N) is 1. The zero-order valence-corrected chi connectivity index (χ0v) is 14.0. The number of ether oxygens (including phenoxy) is 1. The fraction of sp³-hybridized carbons (Fsp3) is 0.389. The minimum absolute atomic E-state index is 0.0357. The van der Waals surface area contributed by atoms with Crippen LogP contribution in [0.3, 0.4) is 0 Å². The molecule has 2 rings (SSSR count). The summed E-state index contributed by atoms with van der Waals surface area (Å²) in [6, 6.07) is 7.91. The van der Waals surface area contributed by atoms with E-state index in [9.17, 15) is 14.4 Å². The number of aryl methyl sites for hydroxylation is 1. The summed E-state index contributed by atoms with van der Waals surface area (Å²) in [5.74, 6) is -1.21. The summed E-state index contributed by atoms with van der Waals surface area (Å²) in [7, 11) is 1.51. The van der Waals surface area contributed by atoms with Crippen molar-refractivity contribution in [2.45, 2.75) is 25.8 Å². The van der Waals surface area contributed by atoms with Crippen LogP contribution < -0.4 is 5.32 Å². The van der Waals surface area contributed by atoms with Crippen LogP contribution in [0.2, 0.25) is 0 Å². The van der Waals surface area contributed by atoms with Gasteiger partial charge in [0, 0.05) is 19.2 Å². The number of hydrogen-bond donors (Lipinski definition) is 1. The first kappa shape index (κ1) is 17.7. The van der Waals surface area contributed by atoms with Crippen LogP contribution in [0.25, 0.3) is 6.08 Å². The highest BCUT2D eigenvalue weighted by Crippen LogP contribution is 2.18. The highest BCUT2D eigenvalue weighted by atomic mass is 16.5.